The Kier molecular flexibility index (Phi) is 4.65. The van der Waals surface area contributed by atoms with Crippen molar-refractivity contribution >= 4 is 5.91 Å². The first-order chi connectivity index (χ1) is 9.58. The van der Waals surface area contributed by atoms with Gasteiger partial charge in [0, 0.05) is 20.0 Å². The molecule has 1 saturated carbocycles. The first-order valence-electron chi connectivity index (χ1n) is 7.15. The van der Waals surface area contributed by atoms with E-state index in [0.29, 0.717) is 19.5 Å². The highest BCUT2D eigenvalue weighted by molar-refractivity contribution is 5.76. The smallest absolute Gasteiger partial charge is 0.223 e. The molecule has 1 amide bonds. The van der Waals surface area contributed by atoms with Gasteiger partial charge in [-0.25, -0.2) is 0 Å². The Hall–Kier alpha value is -1.55. The summed E-state index contributed by atoms with van der Waals surface area (Å²) in [5.41, 5.74) is 6.97. The van der Waals surface area contributed by atoms with E-state index in [1.807, 2.05) is 31.3 Å². The summed E-state index contributed by atoms with van der Waals surface area (Å²) in [6.07, 6.45) is 3.94. The Morgan fingerprint density at radius 1 is 1.45 bits per heavy atom. The zero-order valence-corrected chi connectivity index (χ0v) is 12.4. The summed E-state index contributed by atoms with van der Waals surface area (Å²) in [4.78, 5) is 14.1. The molecule has 0 aromatic heterocycles. The summed E-state index contributed by atoms with van der Waals surface area (Å²) in [7, 11) is 3.50. The number of methoxy groups -OCH3 is 1. The van der Waals surface area contributed by atoms with Gasteiger partial charge in [0.2, 0.25) is 5.91 Å². The second-order valence-corrected chi connectivity index (χ2v) is 5.84. The largest absolute Gasteiger partial charge is 0.497 e. The van der Waals surface area contributed by atoms with Crippen LogP contribution in [0.25, 0.3) is 0 Å². The molecule has 1 aromatic rings. The lowest BCUT2D eigenvalue weighted by atomic mass is 9.66. The van der Waals surface area contributed by atoms with E-state index in [2.05, 4.69) is 0 Å². The topological polar surface area (TPSA) is 55.6 Å². The van der Waals surface area contributed by atoms with Gasteiger partial charge in [-0.1, -0.05) is 18.6 Å². The number of benzene rings is 1. The van der Waals surface area contributed by atoms with E-state index in [0.717, 1.165) is 24.2 Å². The molecule has 0 aliphatic heterocycles. The molecule has 0 atom stereocenters. The highest BCUT2D eigenvalue weighted by atomic mass is 16.5. The zero-order valence-electron chi connectivity index (χ0n) is 12.4. The van der Waals surface area contributed by atoms with E-state index < -0.39 is 0 Å². The van der Waals surface area contributed by atoms with Crippen molar-refractivity contribution in [1.29, 1.82) is 0 Å². The predicted octanol–water partition coefficient (Wildman–Crippen LogP) is 2.17. The monoisotopic (exact) mass is 276 g/mol. The first-order valence-corrected chi connectivity index (χ1v) is 7.15. The SMILES string of the molecule is COc1cccc(CN(C)C(=O)CC2(CN)CCC2)c1. The van der Waals surface area contributed by atoms with Crippen LogP contribution in [0, 0.1) is 5.41 Å². The second kappa shape index (κ2) is 6.27. The number of rotatable bonds is 6. The maximum atomic E-state index is 12.3. The molecule has 0 radical (unpaired) electrons. The minimum absolute atomic E-state index is 0.0692. The Morgan fingerprint density at radius 2 is 2.20 bits per heavy atom. The van der Waals surface area contributed by atoms with Crippen LogP contribution in [-0.4, -0.2) is 31.5 Å². The van der Waals surface area contributed by atoms with Gasteiger partial charge in [0.05, 0.1) is 7.11 Å². The van der Waals surface area contributed by atoms with Crippen LogP contribution in [0.2, 0.25) is 0 Å². The van der Waals surface area contributed by atoms with Crippen LogP contribution in [0.15, 0.2) is 24.3 Å². The standard InChI is InChI=1S/C16H24N2O2/c1-18(11-13-5-3-6-14(9-13)20-2)15(19)10-16(12-17)7-4-8-16/h3,5-6,9H,4,7-8,10-12,17H2,1-2H3. The van der Waals surface area contributed by atoms with Gasteiger partial charge < -0.3 is 15.4 Å². The molecule has 4 heteroatoms. The maximum Gasteiger partial charge on any atom is 0.223 e. The van der Waals surface area contributed by atoms with Crippen LogP contribution in [-0.2, 0) is 11.3 Å². The van der Waals surface area contributed by atoms with Gasteiger partial charge in [0.25, 0.3) is 0 Å². The lowest BCUT2D eigenvalue weighted by molar-refractivity contribution is -0.134. The minimum atomic E-state index is 0.0692. The average molecular weight is 276 g/mol. The second-order valence-electron chi connectivity index (χ2n) is 5.84. The average Bonchev–Trinajstić information content (AvgIpc) is 2.42. The predicted molar refractivity (Wildman–Crippen MR) is 79.4 cm³/mol. The van der Waals surface area contributed by atoms with Crippen molar-refractivity contribution in [1.82, 2.24) is 4.90 Å². The molecule has 0 heterocycles. The van der Waals surface area contributed by atoms with E-state index in [-0.39, 0.29) is 11.3 Å². The van der Waals surface area contributed by atoms with E-state index in [1.165, 1.54) is 6.42 Å². The van der Waals surface area contributed by atoms with Gasteiger partial charge in [-0.3, -0.25) is 4.79 Å². The number of ether oxygens (including phenoxy) is 1. The van der Waals surface area contributed by atoms with E-state index in [9.17, 15) is 4.79 Å². The van der Waals surface area contributed by atoms with Gasteiger partial charge >= 0.3 is 0 Å². The lowest BCUT2D eigenvalue weighted by Crippen LogP contribution is -2.42. The number of hydrogen-bond acceptors (Lipinski definition) is 3. The van der Waals surface area contributed by atoms with E-state index in [1.54, 1.807) is 12.0 Å². The molecule has 2 N–H and O–H groups in total. The van der Waals surface area contributed by atoms with Crippen molar-refractivity contribution in [2.75, 3.05) is 20.7 Å². The number of carbonyl (C=O) groups is 1. The molecule has 1 aliphatic carbocycles. The molecule has 20 heavy (non-hydrogen) atoms. The van der Waals surface area contributed by atoms with Crippen LogP contribution in [0.5, 0.6) is 5.75 Å². The van der Waals surface area contributed by atoms with Crippen molar-refractivity contribution in [3.8, 4) is 5.75 Å². The number of amides is 1. The fourth-order valence-electron chi connectivity index (χ4n) is 2.72. The Bertz CT molecular complexity index is 464. The molecule has 2 rings (SSSR count). The summed E-state index contributed by atoms with van der Waals surface area (Å²) in [6.45, 7) is 1.22. The Balaban J connectivity index is 1.93. The van der Waals surface area contributed by atoms with Crippen molar-refractivity contribution in [2.24, 2.45) is 11.1 Å². The van der Waals surface area contributed by atoms with E-state index >= 15 is 0 Å². The molecule has 4 nitrogen and oxygen atoms in total. The van der Waals surface area contributed by atoms with Crippen molar-refractivity contribution in [2.45, 2.75) is 32.2 Å². The van der Waals surface area contributed by atoms with Crippen LogP contribution in [0.1, 0.15) is 31.2 Å². The lowest BCUT2D eigenvalue weighted by Gasteiger charge is -2.41. The summed E-state index contributed by atoms with van der Waals surface area (Å²) in [6, 6.07) is 7.82. The molecule has 0 bridgehead atoms. The van der Waals surface area contributed by atoms with Crippen LogP contribution in [0.3, 0.4) is 0 Å². The maximum absolute atomic E-state index is 12.3. The Morgan fingerprint density at radius 3 is 2.75 bits per heavy atom. The van der Waals surface area contributed by atoms with Crippen molar-refractivity contribution < 1.29 is 9.53 Å². The first kappa shape index (κ1) is 14.9. The summed E-state index contributed by atoms with van der Waals surface area (Å²) in [5.74, 6) is 0.999. The van der Waals surface area contributed by atoms with Gasteiger partial charge in [-0.2, -0.15) is 0 Å². The third-order valence-electron chi connectivity index (χ3n) is 4.35. The fourth-order valence-corrected chi connectivity index (χ4v) is 2.72. The molecule has 110 valence electrons. The number of nitrogens with two attached hydrogens (primary N) is 1. The Labute approximate surface area is 120 Å². The quantitative estimate of drug-likeness (QED) is 0.866. The number of carbonyl (C=O) groups excluding carboxylic acids is 1. The summed E-state index contributed by atoms with van der Waals surface area (Å²) < 4.78 is 5.20. The van der Waals surface area contributed by atoms with E-state index in [4.69, 9.17) is 10.5 Å². The van der Waals surface area contributed by atoms with Gasteiger partial charge in [0.15, 0.2) is 0 Å². The highest BCUT2D eigenvalue weighted by Gasteiger charge is 2.38. The third-order valence-corrected chi connectivity index (χ3v) is 4.35. The fraction of sp³-hybridized carbons (Fsp3) is 0.562. The molecule has 0 spiro atoms. The molecule has 1 fully saturated rings. The van der Waals surface area contributed by atoms with Crippen LogP contribution in [0.4, 0.5) is 0 Å². The van der Waals surface area contributed by atoms with Gasteiger partial charge in [-0.05, 0) is 42.5 Å². The highest BCUT2D eigenvalue weighted by Crippen LogP contribution is 2.43. The number of nitrogens with zero attached hydrogens (tertiary/aromatic N) is 1. The summed E-state index contributed by atoms with van der Waals surface area (Å²) in [5, 5.41) is 0. The zero-order chi connectivity index (χ0) is 14.6. The van der Waals surface area contributed by atoms with Gasteiger partial charge in [0.1, 0.15) is 5.75 Å². The molecule has 1 aromatic carbocycles. The van der Waals surface area contributed by atoms with Crippen molar-refractivity contribution in [3.05, 3.63) is 29.8 Å². The van der Waals surface area contributed by atoms with Crippen molar-refractivity contribution in [3.63, 3.8) is 0 Å². The molecule has 0 saturated heterocycles. The minimum Gasteiger partial charge on any atom is -0.497 e. The van der Waals surface area contributed by atoms with Crippen LogP contribution < -0.4 is 10.5 Å². The normalized spacial score (nSPS) is 16.4. The molecule has 1 aliphatic rings. The molecular weight excluding hydrogens is 252 g/mol. The van der Waals surface area contributed by atoms with Gasteiger partial charge in [-0.15, -0.1) is 0 Å². The summed E-state index contributed by atoms with van der Waals surface area (Å²) >= 11 is 0. The third kappa shape index (κ3) is 3.31. The molecular formula is C16H24N2O2. The molecule has 0 unspecified atom stereocenters. The number of hydrogen-bond donors (Lipinski definition) is 1. The van der Waals surface area contributed by atoms with Crippen LogP contribution >= 0.6 is 0 Å².